The van der Waals surface area contributed by atoms with E-state index in [1.807, 2.05) is 31.3 Å². The number of aliphatic imine (C=N–C) groups is 1. The molecule has 0 aromatic heterocycles. The maximum atomic E-state index is 13.4. The van der Waals surface area contributed by atoms with Crippen molar-refractivity contribution >= 4 is 29.2 Å². The maximum absolute atomic E-state index is 13.4. The number of methoxy groups -OCH3 is 1. The van der Waals surface area contributed by atoms with Gasteiger partial charge in [0.2, 0.25) is 5.91 Å². The molecule has 0 spiro atoms. The minimum absolute atomic E-state index is 0.194. The fourth-order valence-corrected chi connectivity index (χ4v) is 2.72. The van der Waals surface area contributed by atoms with E-state index in [4.69, 9.17) is 4.74 Å². The number of ether oxygens (including phenoxy) is 1. The van der Waals surface area contributed by atoms with Crippen molar-refractivity contribution in [1.82, 2.24) is 0 Å². The van der Waals surface area contributed by atoms with Crippen LogP contribution < -0.4 is 10.2 Å². The number of anilines is 2. The molecular weight excluding hydrogens is 321 g/mol. The van der Waals surface area contributed by atoms with Gasteiger partial charge in [0.25, 0.3) is 0 Å². The molecule has 1 amide bonds. The molecule has 1 heterocycles. The number of amides is 1. The van der Waals surface area contributed by atoms with Gasteiger partial charge in [0.15, 0.2) is 0 Å². The van der Waals surface area contributed by atoms with Crippen molar-refractivity contribution in [3.63, 3.8) is 0 Å². The predicted molar refractivity (Wildman–Crippen MR) is 97.5 cm³/mol. The van der Waals surface area contributed by atoms with Gasteiger partial charge >= 0.3 is 0 Å². The lowest BCUT2D eigenvalue weighted by molar-refractivity contribution is -0.115. The molecule has 0 aliphatic carbocycles. The summed E-state index contributed by atoms with van der Waals surface area (Å²) in [4.78, 5) is 18.5. The summed E-state index contributed by atoms with van der Waals surface area (Å²) in [6.45, 7) is 1.45. The fraction of sp³-hybridized carbons (Fsp3) is 0.263. The van der Waals surface area contributed by atoms with Crippen LogP contribution in [0, 0.1) is 5.82 Å². The number of fused-ring (bicyclic) bond motifs is 1. The number of nitrogens with one attached hydrogen (secondary N) is 1. The lowest BCUT2D eigenvalue weighted by atomic mass is 10.0. The largest absolute Gasteiger partial charge is 0.383 e. The number of benzene rings is 2. The van der Waals surface area contributed by atoms with Crippen molar-refractivity contribution in [2.24, 2.45) is 4.99 Å². The zero-order valence-corrected chi connectivity index (χ0v) is 14.2. The number of likely N-dealkylation sites (N-methyl/N-ethyl adjacent to an activating group) is 1. The lowest BCUT2D eigenvalue weighted by Gasteiger charge is -2.18. The van der Waals surface area contributed by atoms with Crippen LogP contribution in [-0.4, -0.2) is 39.4 Å². The Labute approximate surface area is 146 Å². The van der Waals surface area contributed by atoms with Crippen LogP contribution in [0.3, 0.4) is 0 Å². The maximum Gasteiger partial charge on any atom is 0.237 e. The van der Waals surface area contributed by atoms with Gasteiger partial charge in [-0.1, -0.05) is 0 Å². The predicted octanol–water partition coefficient (Wildman–Crippen LogP) is 3.35. The summed E-state index contributed by atoms with van der Waals surface area (Å²) >= 11 is 0. The van der Waals surface area contributed by atoms with E-state index in [-0.39, 0.29) is 11.7 Å². The molecule has 1 atom stereocenters. The summed E-state index contributed by atoms with van der Waals surface area (Å²) < 4.78 is 18.5. The van der Waals surface area contributed by atoms with Gasteiger partial charge in [-0.15, -0.1) is 0 Å². The Balaban J connectivity index is 1.72. The standard InChI is InChI=1S/C19H20FN3O2/c1-23(9-10-25-2)15-6-4-14(5-7-15)21-12-17-16-11-13(20)3-8-18(16)22-19(17)24/h3-8,11-12,17H,9-10H2,1-2H3,(H,22,24). The van der Waals surface area contributed by atoms with Gasteiger partial charge in [-0.2, -0.15) is 0 Å². The Morgan fingerprint density at radius 1 is 1.28 bits per heavy atom. The zero-order valence-electron chi connectivity index (χ0n) is 14.2. The average molecular weight is 341 g/mol. The van der Waals surface area contributed by atoms with Crippen LogP contribution >= 0.6 is 0 Å². The molecule has 5 nitrogen and oxygen atoms in total. The van der Waals surface area contributed by atoms with Gasteiger partial charge in [-0.05, 0) is 48.0 Å². The molecule has 3 rings (SSSR count). The minimum atomic E-state index is -0.574. The molecule has 25 heavy (non-hydrogen) atoms. The summed E-state index contributed by atoms with van der Waals surface area (Å²) in [5.74, 6) is -1.13. The van der Waals surface area contributed by atoms with Crippen LogP contribution in [0.2, 0.25) is 0 Å². The first kappa shape index (κ1) is 17.1. The molecule has 0 saturated heterocycles. The van der Waals surface area contributed by atoms with Crippen molar-refractivity contribution in [2.45, 2.75) is 5.92 Å². The summed E-state index contributed by atoms with van der Waals surface area (Å²) in [5, 5.41) is 2.74. The summed E-state index contributed by atoms with van der Waals surface area (Å²) in [6.07, 6.45) is 1.56. The number of halogens is 1. The fourth-order valence-electron chi connectivity index (χ4n) is 2.72. The molecule has 2 aromatic carbocycles. The first-order valence-corrected chi connectivity index (χ1v) is 8.03. The van der Waals surface area contributed by atoms with Crippen LogP contribution in [-0.2, 0) is 9.53 Å². The van der Waals surface area contributed by atoms with E-state index in [1.54, 1.807) is 19.4 Å². The molecule has 0 bridgehead atoms. The highest BCUT2D eigenvalue weighted by Gasteiger charge is 2.29. The Morgan fingerprint density at radius 3 is 2.76 bits per heavy atom. The summed E-state index contributed by atoms with van der Waals surface area (Å²) in [6, 6.07) is 12.0. The van der Waals surface area contributed by atoms with Crippen molar-refractivity contribution < 1.29 is 13.9 Å². The third-order valence-corrected chi connectivity index (χ3v) is 4.18. The van der Waals surface area contributed by atoms with Gasteiger partial charge in [-0.25, -0.2) is 4.39 Å². The Morgan fingerprint density at radius 2 is 2.04 bits per heavy atom. The lowest BCUT2D eigenvalue weighted by Crippen LogP contribution is -2.21. The molecule has 1 N–H and O–H groups in total. The number of hydrogen-bond donors (Lipinski definition) is 1. The number of carbonyl (C=O) groups excluding carboxylic acids is 1. The van der Waals surface area contributed by atoms with Crippen molar-refractivity contribution in [3.8, 4) is 0 Å². The Kier molecular flexibility index (Phi) is 5.09. The first-order chi connectivity index (χ1) is 12.1. The van der Waals surface area contributed by atoms with Gasteiger partial charge < -0.3 is 15.0 Å². The number of rotatable bonds is 6. The molecule has 0 fully saturated rings. The van der Waals surface area contributed by atoms with Gasteiger partial charge in [0.05, 0.1) is 12.3 Å². The third kappa shape index (κ3) is 3.85. The monoisotopic (exact) mass is 341 g/mol. The molecule has 0 radical (unpaired) electrons. The van der Waals surface area contributed by atoms with Crippen molar-refractivity contribution in [3.05, 3.63) is 53.8 Å². The van der Waals surface area contributed by atoms with Gasteiger partial charge in [0, 0.05) is 38.3 Å². The highest BCUT2D eigenvalue weighted by atomic mass is 19.1. The second-order valence-corrected chi connectivity index (χ2v) is 5.91. The SMILES string of the molecule is COCCN(C)c1ccc(N=CC2C(=O)Nc3ccc(F)cc32)cc1. The Hall–Kier alpha value is -2.73. The average Bonchev–Trinajstić information content (AvgIpc) is 2.93. The normalized spacial score (nSPS) is 16.1. The minimum Gasteiger partial charge on any atom is -0.383 e. The van der Waals surface area contributed by atoms with Crippen molar-refractivity contribution in [2.75, 3.05) is 37.5 Å². The third-order valence-electron chi connectivity index (χ3n) is 4.18. The van der Waals surface area contributed by atoms with E-state index >= 15 is 0 Å². The van der Waals surface area contributed by atoms with Crippen LogP contribution in [0.5, 0.6) is 0 Å². The quantitative estimate of drug-likeness (QED) is 0.820. The summed E-state index contributed by atoms with van der Waals surface area (Å²) in [5.41, 5.74) is 3.05. The first-order valence-electron chi connectivity index (χ1n) is 8.03. The molecular formula is C19H20FN3O2. The van der Waals surface area contributed by atoms with Crippen LogP contribution in [0.1, 0.15) is 11.5 Å². The number of hydrogen-bond acceptors (Lipinski definition) is 4. The van der Waals surface area contributed by atoms with Gasteiger partial charge in [0.1, 0.15) is 11.7 Å². The molecule has 1 aliphatic rings. The summed E-state index contributed by atoms with van der Waals surface area (Å²) in [7, 11) is 3.67. The highest BCUT2D eigenvalue weighted by Crippen LogP contribution is 2.32. The van der Waals surface area contributed by atoms with E-state index in [1.165, 1.54) is 12.1 Å². The van der Waals surface area contributed by atoms with Crippen LogP contribution in [0.4, 0.5) is 21.5 Å². The molecule has 6 heteroatoms. The molecule has 0 saturated carbocycles. The van der Waals surface area contributed by atoms with Crippen LogP contribution in [0.15, 0.2) is 47.5 Å². The molecule has 1 aliphatic heterocycles. The van der Waals surface area contributed by atoms with E-state index in [0.717, 1.165) is 17.9 Å². The number of nitrogens with zero attached hydrogens (tertiary/aromatic N) is 2. The Bertz CT molecular complexity index is 790. The second-order valence-electron chi connectivity index (χ2n) is 5.91. The molecule has 130 valence electrons. The van der Waals surface area contributed by atoms with Crippen LogP contribution in [0.25, 0.3) is 0 Å². The van der Waals surface area contributed by atoms with E-state index in [0.29, 0.717) is 17.9 Å². The van der Waals surface area contributed by atoms with E-state index < -0.39 is 5.92 Å². The topological polar surface area (TPSA) is 53.9 Å². The molecule has 2 aromatic rings. The number of carbonyl (C=O) groups is 1. The smallest absolute Gasteiger partial charge is 0.237 e. The second kappa shape index (κ2) is 7.44. The zero-order chi connectivity index (χ0) is 17.8. The highest BCUT2D eigenvalue weighted by molar-refractivity contribution is 6.12. The van der Waals surface area contributed by atoms with Gasteiger partial charge in [-0.3, -0.25) is 9.79 Å². The van der Waals surface area contributed by atoms with E-state index in [9.17, 15) is 9.18 Å². The van der Waals surface area contributed by atoms with Crippen molar-refractivity contribution in [1.29, 1.82) is 0 Å². The van der Waals surface area contributed by atoms with E-state index in [2.05, 4.69) is 15.2 Å². The molecule has 1 unspecified atom stereocenters.